The van der Waals surface area contributed by atoms with Crippen molar-refractivity contribution in [2.75, 3.05) is 9.80 Å². The van der Waals surface area contributed by atoms with E-state index in [-0.39, 0.29) is 10.8 Å². The van der Waals surface area contributed by atoms with Gasteiger partial charge in [0.05, 0.1) is 0 Å². The molecule has 0 heterocycles. The van der Waals surface area contributed by atoms with Crippen molar-refractivity contribution in [3.8, 4) is 11.1 Å². The van der Waals surface area contributed by atoms with E-state index >= 15 is 0 Å². The van der Waals surface area contributed by atoms with Crippen molar-refractivity contribution >= 4 is 42.0 Å². The van der Waals surface area contributed by atoms with E-state index in [1.54, 1.807) is 0 Å². The quantitative estimate of drug-likeness (QED) is 0.114. The van der Waals surface area contributed by atoms with Crippen molar-refractivity contribution in [1.82, 2.24) is 0 Å². The molecule has 0 spiro atoms. The Kier molecular flexibility index (Phi) is 10.6. The maximum atomic E-state index is 2.37. The van der Waals surface area contributed by atoms with Crippen LogP contribution in [0.15, 0.2) is 158 Å². The minimum Gasteiger partial charge on any atom is -0.311 e. The summed E-state index contributed by atoms with van der Waals surface area (Å²) in [5, 5.41) is 0. The Morgan fingerprint density at radius 2 is 0.660 bits per heavy atom. The molecule has 2 nitrogen and oxygen atoms in total. The Hall–Kier alpha value is -5.02. The summed E-state index contributed by atoms with van der Waals surface area (Å²) in [5.41, 5.74) is 12.5. The Morgan fingerprint density at radius 1 is 0.380 bits per heavy atom. The summed E-state index contributed by atoms with van der Waals surface area (Å²) in [6, 6.07) is 57.6. The van der Waals surface area contributed by atoms with Crippen LogP contribution in [0.5, 0.6) is 0 Å². The molecule has 0 saturated heterocycles. The molecule has 3 heteroatoms. The fourth-order valence-electron chi connectivity index (χ4n) is 7.00. The van der Waals surface area contributed by atoms with Crippen molar-refractivity contribution in [3.63, 3.8) is 0 Å². The first-order chi connectivity index (χ1) is 24.3. The highest BCUT2D eigenvalue weighted by atomic mass is 15.1. The van der Waals surface area contributed by atoms with Gasteiger partial charge in [0.2, 0.25) is 0 Å². The summed E-state index contributed by atoms with van der Waals surface area (Å²) >= 11 is 0. The number of rotatable bonds is 13. The Balaban J connectivity index is 1.29. The maximum Gasteiger partial charge on any atom is 0.102 e. The summed E-state index contributed by atoms with van der Waals surface area (Å²) < 4.78 is 0. The first-order valence-electron chi connectivity index (χ1n) is 18.4. The lowest BCUT2D eigenvalue weighted by atomic mass is 9.71. The second-order valence-corrected chi connectivity index (χ2v) is 14.1. The van der Waals surface area contributed by atoms with Crippen LogP contribution in [0.3, 0.4) is 0 Å². The number of nitrogens with zero attached hydrogens (tertiary/aromatic N) is 2. The number of para-hydroxylation sites is 2. The lowest BCUT2D eigenvalue weighted by molar-refractivity contribution is 0.439. The van der Waals surface area contributed by atoms with Crippen molar-refractivity contribution in [1.29, 1.82) is 0 Å². The highest BCUT2D eigenvalue weighted by molar-refractivity contribution is 6.09. The van der Waals surface area contributed by atoms with Gasteiger partial charge in [0.15, 0.2) is 0 Å². The minimum absolute atomic E-state index is 0.196. The summed E-state index contributed by atoms with van der Waals surface area (Å²) in [5.74, 6) is 0. The van der Waals surface area contributed by atoms with Crippen molar-refractivity contribution in [2.45, 2.75) is 71.0 Å². The number of hydrogen-bond donors (Lipinski definition) is 0. The summed E-state index contributed by atoms with van der Waals surface area (Å²) in [7, 11) is 2.29. The zero-order valence-electron chi connectivity index (χ0n) is 30.7. The van der Waals surface area contributed by atoms with E-state index in [0.29, 0.717) is 0 Å². The molecule has 0 aliphatic heterocycles. The first kappa shape index (κ1) is 34.8. The molecule has 6 aromatic rings. The van der Waals surface area contributed by atoms with E-state index in [1.807, 2.05) is 0 Å². The van der Waals surface area contributed by atoms with Crippen LogP contribution in [0.1, 0.15) is 65.0 Å². The van der Waals surface area contributed by atoms with Crippen LogP contribution in [-0.2, 0) is 10.8 Å². The van der Waals surface area contributed by atoms with E-state index in [9.17, 15) is 0 Å². The van der Waals surface area contributed by atoms with Gasteiger partial charge in [0, 0.05) is 34.1 Å². The highest BCUT2D eigenvalue weighted by Gasteiger charge is 2.24. The van der Waals surface area contributed by atoms with Crippen LogP contribution in [0, 0.1) is 0 Å². The molecule has 0 aliphatic carbocycles. The van der Waals surface area contributed by atoms with Gasteiger partial charge >= 0.3 is 0 Å². The second-order valence-electron chi connectivity index (χ2n) is 14.1. The topological polar surface area (TPSA) is 6.48 Å². The van der Waals surface area contributed by atoms with Gasteiger partial charge in [-0.3, -0.25) is 0 Å². The molecule has 0 radical (unpaired) electrons. The molecule has 1 atom stereocenters. The standard InChI is InChI=1S/C47H51BN2/c1-6-46(4,7-2)38-23-31-44(32-24-38)49(40-15-11-9-12-16-40)42-27-19-36(20-28-42)37-21-29-43(30-22-37)50(41-17-13-10-14-18-41)45-33-25-39(26-34-45)47(5,8-3)35-48/h9-34H,6-8,35,48H2,1-5H3. The Morgan fingerprint density at radius 3 is 0.960 bits per heavy atom. The monoisotopic (exact) mass is 654 g/mol. The molecule has 0 aliphatic rings. The average molecular weight is 655 g/mol. The predicted molar refractivity (Wildman–Crippen MR) is 220 cm³/mol. The molecule has 0 saturated carbocycles. The van der Waals surface area contributed by atoms with Gasteiger partial charge < -0.3 is 9.80 Å². The Labute approximate surface area is 301 Å². The van der Waals surface area contributed by atoms with E-state index in [4.69, 9.17) is 0 Å². The van der Waals surface area contributed by atoms with Crippen LogP contribution < -0.4 is 9.80 Å². The molecule has 0 aromatic heterocycles. The fourth-order valence-corrected chi connectivity index (χ4v) is 7.00. The molecular weight excluding hydrogens is 603 g/mol. The van der Waals surface area contributed by atoms with Crippen LogP contribution in [0.25, 0.3) is 11.1 Å². The van der Waals surface area contributed by atoms with Crippen molar-refractivity contribution < 1.29 is 0 Å². The molecule has 50 heavy (non-hydrogen) atoms. The number of benzene rings is 6. The third kappa shape index (κ3) is 7.14. The lowest BCUT2D eigenvalue weighted by Gasteiger charge is -2.30. The highest BCUT2D eigenvalue weighted by Crippen LogP contribution is 2.40. The molecule has 6 aromatic carbocycles. The smallest absolute Gasteiger partial charge is 0.102 e. The third-order valence-electron chi connectivity index (χ3n) is 11.4. The summed E-state index contributed by atoms with van der Waals surface area (Å²) in [4.78, 5) is 4.69. The van der Waals surface area contributed by atoms with Crippen molar-refractivity contribution in [3.05, 3.63) is 169 Å². The van der Waals surface area contributed by atoms with Crippen LogP contribution >= 0.6 is 0 Å². The van der Waals surface area contributed by atoms with Crippen molar-refractivity contribution in [2.24, 2.45) is 0 Å². The van der Waals surface area contributed by atoms with E-state index in [1.165, 1.54) is 22.3 Å². The average Bonchev–Trinajstić information content (AvgIpc) is 3.19. The van der Waals surface area contributed by atoms with Crippen LogP contribution in [0.4, 0.5) is 34.1 Å². The molecule has 1 unspecified atom stereocenters. The van der Waals surface area contributed by atoms with Crippen LogP contribution in [-0.4, -0.2) is 7.85 Å². The summed E-state index contributed by atoms with van der Waals surface area (Å²) in [6.45, 7) is 11.6. The third-order valence-corrected chi connectivity index (χ3v) is 11.4. The van der Waals surface area contributed by atoms with Gasteiger partial charge in [0.25, 0.3) is 0 Å². The minimum atomic E-state index is 0.196. The number of hydrogen-bond acceptors (Lipinski definition) is 2. The zero-order valence-corrected chi connectivity index (χ0v) is 30.7. The van der Waals surface area contributed by atoms with E-state index in [2.05, 4.69) is 210 Å². The molecule has 252 valence electrons. The van der Waals surface area contributed by atoms with E-state index < -0.39 is 0 Å². The molecule has 0 amide bonds. The second kappa shape index (κ2) is 15.3. The molecule has 6 rings (SSSR count). The normalized spacial score (nSPS) is 12.7. The maximum absolute atomic E-state index is 2.37. The fraction of sp³-hybridized carbons (Fsp3) is 0.234. The van der Waals surface area contributed by atoms with Gasteiger partial charge in [0.1, 0.15) is 7.85 Å². The largest absolute Gasteiger partial charge is 0.311 e. The van der Waals surface area contributed by atoms with Gasteiger partial charge in [-0.15, -0.1) is 0 Å². The Bertz CT molecular complexity index is 1780. The molecule has 0 bridgehead atoms. The zero-order chi connectivity index (χ0) is 35.1. The molecule has 0 N–H and O–H groups in total. The molecular formula is C47H51BN2. The SMILES string of the molecule is BCC(C)(CC)c1ccc(N(c2ccccc2)c2ccc(-c3ccc(N(c4ccccc4)c4ccc(C(C)(CC)CC)cc4)cc3)cc2)cc1. The van der Waals surface area contributed by atoms with E-state index in [0.717, 1.165) is 59.7 Å². The summed E-state index contributed by atoms with van der Waals surface area (Å²) in [6.07, 6.45) is 4.51. The molecule has 0 fully saturated rings. The van der Waals surface area contributed by atoms with Gasteiger partial charge in [-0.25, -0.2) is 0 Å². The van der Waals surface area contributed by atoms with Crippen LogP contribution in [0.2, 0.25) is 6.32 Å². The lowest BCUT2D eigenvalue weighted by Crippen LogP contribution is -2.20. The first-order valence-corrected chi connectivity index (χ1v) is 18.4. The number of anilines is 6. The van der Waals surface area contributed by atoms with Gasteiger partial charge in [-0.2, -0.15) is 0 Å². The van der Waals surface area contributed by atoms with Gasteiger partial charge in [-0.1, -0.05) is 126 Å². The predicted octanol–water partition coefficient (Wildman–Crippen LogP) is 13.1. The van der Waals surface area contributed by atoms with Gasteiger partial charge in [-0.05, 0) is 125 Å².